The molecular weight excluding hydrogens is 320 g/mol. The zero-order chi connectivity index (χ0) is 16.2. The second-order valence-corrected chi connectivity index (χ2v) is 5.20. The predicted octanol–water partition coefficient (Wildman–Crippen LogP) is 4.54. The molecule has 2 aromatic carbocycles. The first kappa shape index (κ1) is 16.4. The molecule has 0 aliphatic carbocycles. The van der Waals surface area contributed by atoms with Gasteiger partial charge in [-0.25, -0.2) is 4.39 Å². The summed E-state index contributed by atoms with van der Waals surface area (Å²) in [4.78, 5) is 11.9. The van der Waals surface area contributed by atoms with Crippen molar-refractivity contribution in [3.8, 4) is 5.75 Å². The number of rotatable bonds is 4. The highest BCUT2D eigenvalue weighted by Crippen LogP contribution is 2.36. The quantitative estimate of drug-likeness (QED) is 0.356. The Bertz CT molecular complexity index is 671. The first-order valence-corrected chi connectivity index (χ1v) is 7.10. The molecule has 0 aliphatic heterocycles. The Morgan fingerprint density at radius 2 is 1.68 bits per heavy atom. The van der Waals surface area contributed by atoms with E-state index in [-0.39, 0.29) is 10.6 Å². The topological polar surface area (TPSA) is 26.3 Å². The summed E-state index contributed by atoms with van der Waals surface area (Å²) >= 11 is 0.857. The van der Waals surface area contributed by atoms with Gasteiger partial charge in [0.1, 0.15) is 11.6 Å². The van der Waals surface area contributed by atoms with Gasteiger partial charge >= 0.3 is 12.1 Å². The van der Waals surface area contributed by atoms with Crippen LogP contribution in [0, 0.1) is 5.82 Å². The summed E-state index contributed by atoms with van der Waals surface area (Å²) in [5, 5.41) is 0. The van der Waals surface area contributed by atoms with Gasteiger partial charge in [-0.1, -0.05) is 24.3 Å². The molecule has 2 rings (SSSR count). The van der Waals surface area contributed by atoms with Crippen LogP contribution in [-0.2, 0) is 11.0 Å². The summed E-state index contributed by atoms with van der Waals surface area (Å²) in [6.45, 7) is 0. The van der Waals surface area contributed by atoms with Gasteiger partial charge in [-0.05, 0) is 24.3 Å². The second kappa shape index (κ2) is 6.83. The van der Waals surface area contributed by atoms with E-state index < -0.39 is 29.3 Å². The van der Waals surface area contributed by atoms with E-state index in [9.17, 15) is 22.4 Å². The molecule has 0 aromatic heterocycles. The van der Waals surface area contributed by atoms with Gasteiger partial charge in [-0.15, -0.1) is 11.8 Å². The normalized spacial score (nSPS) is 11.3. The predicted molar refractivity (Wildman–Crippen MR) is 74.2 cm³/mol. The molecule has 2 nitrogen and oxygen atoms in total. The number of para-hydroxylation sites is 1. The molecule has 2 aromatic rings. The fourth-order valence-corrected chi connectivity index (χ4v) is 2.35. The molecule has 0 aliphatic rings. The highest BCUT2D eigenvalue weighted by Gasteiger charge is 2.34. The summed E-state index contributed by atoms with van der Waals surface area (Å²) < 4.78 is 56.4. The number of hydrogen-bond donors (Lipinski definition) is 0. The summed E-state index contributed by atoms with van der Waals surface area (Å²) in [5.41, 5.74) is -1.03. The number of carbonyl (C=O) groups excluding carboxylic acids is 1. The molecule has 0 N–H and O–H groups in total. The SMILES string of the molecule is O=C(CSc1ccccc1F)Oc1ccccc1C(F)(F)F. The molecule has 0 saturated heterocycles. The first-order valence-electron chi connectivity index (χ1n) is 6.12. The van der Waals surface area contributed by atoms with Crippen molar-refractivity contribution in [2.45, 2.75) is 11.1 Å². The molecule has 0 spiro atoms. The van der Waals surface area contributed by atoms with Crippen molar-refractivity contribution in [1.29, 1.82) is 0 Å². The van der Waals surface area contributed by atoms with Crippen molar-refractivity contribution in [2.24, 2.45) is 0 Å². The molecule has 22 heavy (non-hydrogen) atoms. The first-order chi connectivity index (χ1) is 10.4. The molecule has 0 bridgehead atoms. The summed E-state index contributed by atoms with van der Waals surface area (Å²) in [6.07, 6.45) is -4.62. The highest BCUT2D eigenvalue weighted by atomic mass is 32.2. The van der Waals surface area contributed by atoms with Crippen LogP contribution >= 0.6 is 11.8 Å². The van der Waals surface area contributed by atoms with Crippen molar-refractivity contribution in [2.75, 3.05) is 5.75 Å². The molecule has 0 heterocycles. The van der Waals surface area contributed by atoms with Crippen molar-refractivity contribution in [3.63, 3.8) is 0 Å². The number of esters is 1. The number of thioether (sulfide) groups is 1. The number of benzene rings is 2. The van der Waals surface area contributed by atoms with Crippen molar-refractivity contribution < 1.29 is 27.1 Å². The third-order valence-corrected chi connectivity index (χ3v) is 3.62. The lowest BCUT2D eigenvalue weighted by Crippen LogP contribution is -2.15. The minimum Gasteiger partial charge on any atom is -0.425 e. The molecule has 7 heteroatoms. The van der Waals surface area contributed by atoms with Crippen LogP contribution in [0.5, 0.6) is 5.75 Å². The van der Waals surface area contributed by atoms with Crippen LogP contribution in [-0.4, -0.2) is 11.7 Å². The fourth-order valence-electron chi connectivity index (χ4n) is 1.64. The summed E-state index contributed by atoms with van der Waals surface area (Å²) in [6, 6.07) is 10.2. The highest BCUT2D eigenvalue weighted by molar-refractivity contribution is 8.00. The number of alkyl halides is 3. The zero-order valence-electron chi connectivity index (χ0n) is 11.1. The van der Waals surface area contributed by atoms with Crippen molar-refractivity contribution >= 4 is 17.7 Å². The molecule has 0 amide bonds. The molecule has 0 atom stereocenters. The van der Waals surface area contributed by atoms with Gasteiger partial charge in [0, 0.05) is 4.90 Å². The van der Waals surface area contributed by atoms with Crippen LogP contribution in [0.3, 0.4) is 0 Å². The van der Waals surface area contributed by atoms with Gasteiger partial charge in [-0.3, -0.25) is 4.79 Å². The maximum atomic E-state index is 13.4. The Kier molecular flexibility index (Phi) is 5.07. The lowest BCUT2D eigenvalue weighted by atomic mass is 10.2. The van der Waals surface area contributed by atoms with Gasteiger partial charge in [0.2, 0.25) is 0 Å². The second-order valence-electron chi connectivity index (χ2n) is 4.19. The Morgan fingerprint density at radius 3 is 2.36 bits per heavy atom. The van der Waals surface area contributed by atoms with Crippen molar-refractivity contribution in [3.05, 3.63) is 59.9 Å². The largest absolute Gasteiger partial charge is 0.425 e. The van der Waals surface area contributed by atoms with Crippen LogP contribution in [0.1, 0.15) is 5.56 Å². The van der Waals surface area contributed by atoms with E-state index in [1.54, 1.807) is 6.07 Å². The van der Waals surface area contributed by atoms with Crippen LogP contribution in [0.2, 0.25) is 0 Å². The summed E-state index contributed by atoms with van der Waals surface area (Å²) in [5.74, 6) is -2.25. The van der Waals surface area contributed by atoms with E-state index in [2.05, 4.69) is 0 Å². The average Bonchev–Trinajstić information content (AvgIpc) is 2.46. The van der Waals surface area contributed by atoms with Crippen LogP contribution < -0.4 is 4.74 Å². The van der Waals surface area contributed by atoms with E-state index in [1.807, 2.05) is 0 Å². The summed E-state index contributed by atoms with van der Waals surface area (Å²) in [7, 11) is 0. The van der Waals surface area contributed by atoms with Gasteiger partial charge in [0.15, 0.2) is 0 Å². The molecule has 0 saturated carbocycles. The van der Waals surface area contributed by atoms with E-state index in [1.165, 1.54) is 30.3 Å². The van der Waals surface area contributed by atoms with Crippen LogP contribution in [0.4, 0.5) is 17.6 Å². The Hall–Kier alpha value is -2.02. The third-order valence-electron chi connectivity index (χ3n) is 2.60. The molecule has 0 radical (unpaired) electrons. The lowest BCUT2D eigenvalue weighted by molar-refractivity contribution is -0.141. The maximum Gasteiger partial charge on any atom is 0.419 e. The number of carbonyl (C=O) groups is 1. The third kappa shape index (κ3) is 4.24. The van der Waals surface area contributed by atoms with E-state index >= 15 is 0 Å². The van der Waals surface area contributed by atoms with E-state index in [4.69, 9.17) is 4.74 Å². The maximum absolute atomic E-state index is 13.4. The van der Waals surface area contributed by atoms with Crippen molar-refractivity contribution in [1.82, 2.24) is 0 Å². The van der Waals surface area contributed by atoms with Gasteiger partial charge in [0.05, 0.1) is 11.3 Å². The molecular formula is C15H10F4O2S. The standard InChI is InChI=1S/C15H10F4O2S/c16-11-6-2-4-8-13(11)22-9-14(20)21-12-7-3-1-5-10(12)15(17,18)19/h1-8H,9H2. The smallest absolute Gasteiger partial charge is 0.419 e. The number of halogens is 4. The van der Waals surface area contributed by atoms with Crippen LogP contribution in [0.15, 0.2) is 53.4 Å². The van der Waals surface area contributed by atoms with Crippen LogP contribution in [0.25, 0.3) is 0 Å². The Balaban J connectivity index is 2.03. The van der Waals surface area contributed by atoms with Gasteiger partial charge in [0.25, 0.3) is 0 Å². The number of hydrogen-bond acceptors (Lipinski definition) is 3. The zero-order valence-corrected chi connectivity index (χ0v) is 11.9. The lowest BCUT2D eigenvalue weighted by Gasteiger charge is -2.12. The Labute approximate surface area is 128 Å². The minimum absolute atomic E-state index is 0.226. The fraction of sp³-hybridized carbons (Fsp3) is 0.133. The Morgan fingerprint density at radius 1 is 1.05 bits per heavy atom. The van der Waals surface area contributed by atoms with E-state index in [0.29, 0.717) is 0 Å². The molecule has 0 fully saturated rings. The minimum atomic E-state index is -4.62. The van der Waals surface area contributed by atoms with Gasteiger partial charge < -0.3 is 4.74 Å². The van der Waals surface area contributed by atoms with Gasteiger partial charge in [-0.2, -0.15) is 13.2 Å². The average molecular weight is 330 g/mol. The number of ether oxygens (including phenoxy) is 1. The van der Waals surface area contributed by atoms with E-state index in [0.717, 1.165) is 23.9 Å². The molecule has 0 unspecified atom stereocenters. The molecule has 116 valence electrons. The monoisotopic (exact) mass is 330 g/mol.